The van der Waals surface area contributed by atoms with Gasteiger partial charge in [0.05, 0.1) is 22.1 Å². The van der Waals surface area contributed by atoms with Crippen LogP contribution in [0, 0.1) is 0 Å². The van der Waals surface area contributed by atoms with Crippen LogP contribution in [-0.4, -0.2) is 14.1 Å². The Labute approximate surface area is 340 Å². The molecule has 0 amide bonds. The Balaban J connectivity index is 0.978. The highest BCUT2D eigenvalue weighted by Gasteiger charge is 2.19. The number of hydrogen-bond acceptors (Lipinski definition) is 2. The van der Waals surface area contributed by atoms with Crippen LogP contribution in [0.1, 0.15) is 0 Å². The summed E-state index contributed by atoms with van der Waals surface area (Å²) in [6.45, 7) is 0. The second-order valence-corrected chi connectivity index (χ2v) is 15.2. The predicted octanol–water partition coefficient (Wildman–Crippen LogP) is 14.7. The zero-order chi connectivity index (χ0) is 38.9. The highest BCUT2D eigenvalue weighted by Crippen LogP contribution is 2.41. The molecule has 0 N–H and O–H groups in total. The predicted molar refractivity (Wildman–Crippen MR) is 244 cm³/mol. The molecule has 12 aromatic rings. The third kappa shape index (κ3) is 5.42. The molecule has 276 valence electrons. The Bertz CT molecular complexity index is 3430. The van der Waals surface area contributed by atoms with Gasteiger partial charge < -0.3 is 8.98 Å². The van der Waals surface area contributed by atoms with Crippen molar-refractivity contribution in [3.05, 3.63) is 212 Å². The van der Waals surface area contributed by atoms with Gasteiger partial charge >= 0.3 is 0 Å². The molecule has 0 atom stereocenters. The fourth-order valence-corrected chi connectivity index (χ4v) is 8.97. The average molecular weight is 754 g/mol. The van der Waals surface area contributed by atoms with E-state index in [1.54, 1.807) is 0 Å². The summed E-state index contributed by atoms with van der Waals surface area (Å²) in [6, 6.07) is 75.5. The van der Waals surface area contributed by atoms with Crippen molar-refractivity contribution in [1.82, 2.24) is 14.1 Å². The molecule has 0 radical (unpaired) electrons. The molecule has 3 heterocycles. The van der Waals surface area contributed by atoms with E-state index >= 15 is 0 Å². The molecule has 0 aliphatic heterocycles. The maximum absolute atomic E-state index is 6.70. The van der Waals surface area contributed by atoms with Crippen molar-refractivity contribution in [1.29, 1.82) is 0 Å². The van der Waals surface area contributed by atoms with Crippen LogP contribution in [0.2, 0.25) is 0 Å². The summed E-state index contributed by atoms with van der Waals surface area (Å²) in [7, 11) is 0. The zero-order valence-corrected chi connectivity index (χ0v) is 32.0. The summed E-state index contributed by atoms with van der Waals surface area (Å²) in [5.41, 5.74) is 16.4. The zero-order valence-electron chi connectivity index (χ0n) is 32.0. The lowest BCUT2D eigenvalue weighted by Gasteiger charge is -2.11. The minimum Gasteiger partial charge on any atom is -0.456 e. The van der Waals surface area contributed by atoms with E-state index in [1.807, 2.05) is 12.1 Å². The van der Waals surface area contributed by atoms with Gasteiger partial charge in [0, 0.05) is 44.5 Å². The van der Waals surface area contributed by atoms with Gasteiger partial charge in [-0.05, 0) is 100 Å². The second-order valence-electron chi connectivity index (χ2n) is 15.2. The van der Waals surface area contributed by atoms with E-state index in [1.165, 1.54) is 33.0 Å². The van der Waals surface area contributed by atoms with Gasteiger partial charge in [0.2, 0.25) is 0 Å². The molecular weight excluding hydrogens is 719 g/mol. The third-order valence-corrected chi connectivity index (χ3v) is 11.7. The number of hydrogen-bond donors (Lipinski definition) is 0. The molecule has 12 rings (SSSR count). The smallest absolute Gasteiger partial charge is 0.145 e. The molecule has 0 bridgehead atoms. The molecule has 9 aromatic carbocycles. The molecule has 0 aliphatic carbocycles. The molecule has 0 spiro atoms. The van der Waals surface area contributed by atoms with Crippen molar-refractivity contribution >= 4 is 54.8 Å². The maximum Gasteiger partial charge on any atom is 0.145 e. The third-order valence-electron chi connectivity index (χ3n) is 11.7. The monoisotopic (exact) mass is 753 g/mol. The number of nitrogens with zero attached hydrogens (tertiary/aromatic N) is 3. The van der Waals surface area contributed by atoms with E-state index in [0.29, 0.717) is 0 Å². The first kappa shape index (κ1) is 33.2. The van der Waals surface area contributed by atoms with E-state index in [-0.39, 0.29) is 0 Å². The molecule has 0 saturated carbocycles. The molecule has 0 fully saturated rings. The lowest BCUT2D eigenvalue weighted by Crippen LogP contribution is -1.97. The van der Waals surface area contributed by atoms with Gasteiger partial charge in [-0.2, -0.15) is 0 Å². The highest BCUT2D eigenvalue weighted by molar-refractivity contribution is 6.14. The van der Waals surface area contributed by atoms with Crippen LogP contribution < -0.4 is 0 Å². The van der Waals surface area contributed by atoms with Crippen LogP contribution >= 0.6 is 0 Å². The quantitative estimate of drug-likeness (QED) is 0.169. The van der Waals surface area contributed by atoms with Crippen LogP contribution in [0.15, 0.2) is 217 Å². The number of fused-ring (bicyclic) bond motifs is 7. The number of aromatic nitrogens is 3. The van der Waals surface area contributed by atoms with Crippen molar-refractivity contribution in [2.45, 2.75) is 0 Å². The minimum absolute atomic E-state index is 0.856. The van der Waals surface area contributed by atoms with Gasteiger partial charge in [-0.1, -0.05) is 140 Å². The van der Waals surface area contributed by atoms with Gasteiger partial charge in [0.25, 0.3) is 0 Å². The first-order chi connectivity index (χ1) is 29.2. The van der Waals surface area contributed by atoms with Crippen LogP contribution in [0.25, 0.3) is 111 Å². The fraction of sp³-hybridized carbons (Fsp3) is 0. The Morgan fingerprint density at radius 3 is 1.61 bits per heavy atom. The molecule has 4 nitrogen and oxygen atoms in total. The number of rotatable bonds is 6. The molecule has 4 heteroatoms. The van der Waals surface area contributed by atoms with Gasteiger partial charge in [0.1, 0.15) is 17.0 Å². The summed E-state index contributed by atoms with van der Waals surface area (Å²) in [4.78, 5) is 5.09. The van der Waals surface area contributed by atoms with Crippen molar-refractivity contribution in [3.63, 3.8) is 0 Å². The van der Waals surface area contributed by atoms with Crippen LogP contribution in [0.3, 0.4) is 0 Å². The van der Waals surface area contributed by atoms with E-state index in [4.69, 9.17) is 9.40 Å². The first-order valence-corrected chi connectivity index (χ1v) is 20.0. The highest BCUT2D eigenvalue weighted by atomic mass is 16.3. The number of para-hydroxylation sites is 3. The summed E-state index contributed by atoms with van der Waals surface area (Å²) in [5, 5.41) is 4.64. The lowest BCUT2D eigenvalue weighted by atomic mass is 9.98. The number of furan rings is 1. The summed E-state index contributed by atoms with van der Waals surface area (Å²) >= 11 is 0. The molecule has 3 aromatic heterocycles. The first-order valence-electron chi connectivity index (χ1n) is 20.0. The summed E-state index contributed by atoms with van der Waals surface area (Å²) in [5.74, 6) is 0.918. The standard InChI is InChI=1S/C55H35N3O/c1-4-13-36(14-5-1)40-27-31-49-46(33-40)47-34-41(37-15-6-2-7-16-37)28-32-50(47)57(49)43-29-30-45-53(35-43)59-52-22-12-19-44(54(45)52)38-23-25-39(26-24-38)55-56-48-20-10-11-21-51(48)58(55)42-17-8-3-9-18-42/h1-35H. The van der Waals surface area contributed by atoms with Crippen molar-refractivity contribution < 1.29 is 4.42 Å². The maximum atomic E-state index is 6.70. The van der Waals surface area contributed by atoms with E-state index < -0.39 is 0 Å². The van der Waals surface area contributed by atoms with Crippen LogP contribution in [0.5, 0.6) is 0 Å². The SMILES string of the molecule is c1ccc(-c2ccc3c(c2)c2cc(-c4ccccc4)ccc2n3-c2ccc3c(c2)oc2cccc(-c4ccc(-c5nc6ccccc6n5-c5ccccc5)cc4)c23)cc1. The van der Waals surface area contributed by atoms with Crippen LogP contribution in [0.4, 0.5) is 0 Å². The largest absolute Gasteiger partial charge is 0.456 e. The Morgan fingerprint density at radius 1 is 0.339 bits per heavy atom. The summed E-state index contributed by atoms with van der Waals surface area (Å²) in [6.07, 6.45) is 0. The lowest BCUT2D eigenvalue weighted by molar-refractivity contribution is 0.668. The fourth-order valence-electron chi connectivity index (χ4n) is 8.97. The van der Waals surface area contributed by atoms with Crippen molar-refractivity contribution in [2.24, 2.45) is 0 Å². The van der Waals surface area contributed by atoms with E-state index in [2.05, 4.69) is 209 Å². The topological polar surface area (TPSA) is 35.9 Å². The molecule has 0 saturated heterocycles. The molecule has 0 aliphatic rings. The van der Waals surface area contributed by atoms with Crippen molar-refractivity contribution in [2.75, 3.05) is 0 Å². The Hall–Kier alpha value is -7.95. The minimum atomic E-state index is 0.856. The van der Waals surface area contributed by atoms with Gasteiger partial charge in [-0.3, -0.25) is 4.57 Å². The molecule has 59 heavy (non-hydrogen) atoms. The van der Waals surface area contributed by atoms with Crippen molar-refractivity contribution in [3.8, 4) is 56.1 Å². The summed E-state index contributed by atoms with van der Waals surface area (Å²) < 4.78 is 11.3. The number of benzene rings is 9. The van der Waals surface area contributed by atoms with Gasteiger partial charge in [-0.25, -0.2) is 4.98 Å². The second kappa shape index (κ2) is 13.3. The molecular formula is C55H35N3O. The van der Waals surface area contributed by atoms with Gasteiger partial charge in [-0.15, -0.1) is 0 Å². The van der Waals surface area contributed by atoms with E-state index in [9.17, 15) is 0 Å². The molecule has 0 unspecified atom stereocenters. The van der Waals surface area contributed by atoms with E-state index in [0.717, 1.165) is 77.9 Å². The Kier molecular flexibility index (Phi) is 7.50. The van der Waals surface area contributed by atoms with Crippen LogP contribution in [-0.2, 0) is 0 Å². The average Bonchev–Trinajstić information content (AvgIpc) is 3.99. The van der Waals surface area contributed by atoms with Gasteiger partial charge in [0.15, 0.2) is 0 Å². The normalized spacial score (nSPS) is 11.7. The number of imidazole rings is 1. The Morgan fingerprint density at radius 2 is 0.932 bits per heavy atom.